The van der Waals surface area contributed by atoms with Crippen LogP contribution in [0.15, 0.2) is 60.8 Å². The second-order valence-electron chi connectivity index (χ2n) is 7.51. The molecule has 0 bridgehead atoms. The lowest BCUT2D eigenvalue weighted by Crippen LogP contribution is -2.31. The molecule has 4 rings (SSSR count). The van der Waals surface area contributed by atoms with E-state index in [0.29, 0.717) is 18.7 Å². The molecule has 0 spiro atoms. The largest absolute Gasteiger partial charge is 0.463 e. The van der Waals surface area contributed by atoms with Crippen molar-refractivity contribution in [1.82, 2.24) is 20.6 Å². The second-order valence-corrected chi connectivity index (χ2v) is 7.51. The minimum absolute atomic E-state index is 0.0557. The zero-order chi connectivity index (χ0) is 23.2. The van der Waals surface area contributed by atoms with Crippen molar-refractivity contribution >= 4 is 17.8 Å². The highest BCUT2D eigenvalue weighted by Gasteiger charge is 2.20. The summed E-state index contributed by atoms with van der Waals surface area (Å²) in [6.45, 7) is 2.90. The van der Waals surface area contributed by atoms with E-state index in [-0.39, 0.29) is 18.4 Å². The SMILES string of the molecule is CCOC(=O)C=CC(=O)NCc1cccc(-c2cc(-c3cc4c([nH]3)CCNC4=O)ccn2)c1. The number of carbonyl (C=O) groups is 3. The van der Waals surface area contributed by atoms with Crippen molar-refractivity contribution in [3.8, 4) is 22.5 Å². The van der Waals surface area contributed by atoms with Crippen molar-refractivity contribution < 1.29 is 19.1 Å². The van der Waals surface area contributed by atoms with Crippen molar-refractivity contribution in [1.29, 1.82) is 0 Å². The maximum absolute atomic E-state index is 12.1. The number of H-pyrrole nitrogens is 1. The number of nitrogens with zero attached hydrogens (tertiary/aromatic N) is 1. The molecule has 0 saturated carbocycles. The van der Waals surface area contributed by atoms with Crippen LogP contribution in [0.5, 0.6) is 0 Å². The summed E-state index contributed by atoms with van der Waals surface area (Å²) in [7, 11) is 0. The average Bonchev–Trinajstić information content (AvgIpc) is 3.28. The lowest BCUT2D eigenvalue weighted by molar-refractivity contribution is -0.137. The molecule has 2 aromatic heterocycles. The predicted octanol–water partition coefficient (Wildman–Crippen LogP) is 2.77. The fourth-order valence-corrected chi connectivity index (χ4v) is 3.63. The smallest absolute Gasteiger partial charge is 0.330 e. The molecule has 8 heteroatoms. The zero-order valence-electron chi connectivity index (χ0n) is 18.2. The number of ether oxygens (including phenoxy) is 1. The van der Waals surface area contributed by atoms with E-state index in [4.69, 9.17) is 4.74 Å². The van der Waals surface area contributed by atoms with Crippen molar-refractivity contribution in [3.63, 3.8) is 0 Å². The van der Waals surface area contributed by atoms with Crippen molar-refractivity contribution in [2.45, 2.75) is 19.9 Å². The molecule has 1 aliphatic rings. The molecule has 0 saturated heterocycles. The van der Waals surface area contributed by atoms with Crippen LogP contribution < -0.4 is 10.6 Å². The second kappa shape index (κ2) is 9.95. The summed E-state index contributed by atoms with van der Waals surface area (Å²) < 4.78 is 4.76. The summed E-state index contributed by atoms with van der Waals surface area (Å²) in [5.41, 5.74) is 6.01. The van der Waals surface area contributed by atoms with Gasteiger partial charge in [0.1, 0.15) is 0 Å². The standard InChI is InChI=1S/C25H24N4O4/c1-2-33-24(31)7-6-23(30)28-15-16-4-3-5-17(12-16)21-13-18(8-10-26-21)22-14-19-20(29-22)9-11-27-25(19)32/h3-8,10,12-14,29H,2,9,11,15H2,1H3,(H,27,32)(H,28,30). The van der Waals surface area contributed by atoms with Crippen LogP contribution in [0.25, 0.3) is 22.5 Å². The summed E-state index contributed by atoms with van der Waals surface area (Å²) in [6.07, 6.45) is 4.77. The Morgan fingerprint density at radius 2 is 2.03 bits per heavy atom. The maximum Gasteiger partial charge on any atom is 0.330 e. The molecule has 0 radical (unpaired) electrons. The molecule has 3 aromatic rings. The third-order valence-electron chi connectivity index (χ3n) is 5.22. The highest BCUT2D eigenvalue weighted by molar-refractivity contribution is 5.98. The molecular formula is C25H24N4O4. The number of carbonyl (C=O) groups excluding carboxylic acids is 3. The number of benzene rings is 1. The third kappa shape index (κ3) is 5.35. The van der Waals surface area contributed by atoms with E-state index in [0.717, 1.165) is 52.3 Å². The van der Waals surface area contributed by atoms with E-state index < -0.39 is 5.97 Å². The van der Waals surface area contributed by atoms with Gasteiger partial charge < -0.3 is 20.4 Å². The number of esters is 1. The number of hydrogen-bond donors (Lipinski definition) is 3. The van der Waals surface area contributed by atoms with Crippen LogP contribution in [0.3, 0.4) is 0 Å². The van der Waals surface area contributed by atoms with Crippen LogP contribution in [0.4, 0.5) is 0 Å². The molecule has 3 N–H and O–H groups in total. The van der Waals surface area contributed by atoms with Crippen LogP contribution in [0, 0.1) is 0 Å². The Bertz CT molecular complexity index is 1230. The van der Waals surface area contributed by atoms with E-state index in [1.54, 1.807) is 13.1 Å². The summed E-state index contributed by atoms with van der Waals surface area (Å²) in [5, 5.41) is 5.60. The first-order valence-corrected chi connectivity index (χ1v) is 10.7. The minimum atomic E-state index is -0.552. The van der Waals surface area contributed by atoms with Gasteiger partial charge in [-0.2, -0.15) is 0 Å². The number of hydrogen-bond acceptors (Lipinski definition) is 5. The first kappa shape index (κ1) is 22.0. The Balaban J connectivity index is 1.47. The average molecular weight is 444 g/mol. The molecule has 0 fully saturated rings. The van der Waals surface area contributed by atoms with Crippen molar-refractivity contribution in [2.24, 2.45) is 0 Å². The number of aromatic amines is 1. The Morgan fingerprint density at radius 1 is 1.15 bits per heavy atom. The number of amides is 2. The molecule has 1 aliphatic heterocycles. The van der Waals surface area contributed by atoms with Gasteiger partial charge in [0.2, 0.25) is 5.91 Å². The Kier molecular flexibility index (Phi) is 6.64. The minimum Gasteiger partial charge on any atom is -0.463 e. The molecule has 168 valence electrons. The molecule has 3 heterocycles. The molecule has 1 aromatic carbocycles. The fourth-order valence-electron chi connectivity index (χ4n) is 3.63. The van der Waals surface area contributed by atoms with E-state index in [9.17, 15) is 14.4 Å². The van der Waals surface area contributed by atoms with Crippen molar-refractivity contribution in [2.75, 3.05) is 13.2 Å². The Morgan fingerprint density at radius 3 is 2.85 bits per heavy atom. The quantitative estimate of drug-likeness (QED) is 0.383. The van der Waals surface area contributed by atoms with Gasteiger partial charge in [0.15, 0.2) is 0 Å². The topological polar surface area (TPSA) is 113 Å². The lowest BCUT2D eigenvalue weighted by Gasteiger charge is -2.11. The number of rotatable bonds is 7. The molecule has 33 heavy (non-hydrogen) atoms. The van der Waals surface area contributed by atoms with Gasteiger partial charge in [0.25, 0.3) is 5.91 Å². The monoisotopic (exact) mass is 444 g/mol. The van der Waals surface area contributed by atoms with Gasteiger partial charge in [-0.3, -0.25) is 14.6 Å². The highest BCUT2D eigenvalue weighted by Crippen LogP contribution is 2.27. The number of pyridine rings is 1. The third-order valence-corrected chi connectivity index (χ3v) is 5.22. The van der Waals surface area contributed by atoms with Gasteiger partial charge in [-0.05, 0) is 36.8 Å². The van der Waals surface area contributed by atoms with Crippen LogP contribution in [-0.2, 0) is 27.3 Å². The van der Waals surface area contributed by atoms with E-state index in [2.05, 4.69) is 20.6 Å². The zero-order valence-corrected chi connectivity index (χ0v) is 18.2. The van der Waals surface area contributed by atoms with Gasteiger partial charge in [-0.25, -0.2) is 4.79 Å². The fraction of sp³-hybridized carbons (Fsp3) is 0.200. The van der Waals surface area contributed by atoms with Gasteiger partial charge in [0, 0.05) is 60.4 Å². The van der Waals surface area contributed by atoms with E-state index in [1.807, 2.05) is 42.5 Å². The Hall–Kier alpha value is -4.20. The van der Waals surface area contributed by atoms with Crippen LogP contribution in [0.1, 0.15) is 28.5 Å². The maximum atomic E-state index is 12.1. The van der Waals surface area contributed by atoms with Gasteiger partial charge in [-0.1, -0.05) is 18.2 Å². The van der Waals surface area contributed by atoms with Crippen LogP contribution in [-0.4, -0.2) is 40.9 Å². The Labute approximate surface area is 191 Å². The van der Waals surface area contributed by atoms with Crippen molar-refractivity contribution in [3.05, 3.63) is 77.6 Å². The van der Waals surface area contributed by atoms with Gasteiger partial charge in [0.05, 0.1) is 17.9 Å². The first-order chi connectivity index (χ1) is 16.0. The first-order valence-electron chi connectivity index (χ1n) is 10.7. The van der Waals surface area contributed by atoms with Crippen LogP contribution in [0.2, 0.25) is 0 Å². The summed E-state index contributed by atoms with van der Waals surface area (Å²) in [6, 6.07) is 13.4. The number of aromatic nitrogens is 2. The number of fused-ring (bicyclic) bond motifs is 1. The van der Waals surface area contributed by atoms with Gasteiger partial charge >= 0.3 is 5.97 Å². The molecule has 0 unspecified atom stereocenters. The van der Waals surface area contributed by atoms with Gasteiger partial charge in [-0.15, -0.1) is 0 Å². The van der Waals surface area contributed by atoms with E-state index in [1.165, 1.54) is 0 Å². The molecule has 8 nitrogen and oxygen atoms in total. The number of nitrogens with one attached hydrogen (secondary N) is 3. The predicted molar refractivity (Wildman–Crippen MR) is 123 cm³/mol. The van der Waals surface area contributed by atoms with Crippen LogP contribution >= 0.6 is 0 Å². The highest BCUT2D eigenvalue weighted by atomic mass is 16.5. The molecule has 0 aliphatic carbocycles. The molecular weight excluding hydrogens is 420 g/mol. The summed E-state index contributed by atoms with van der Waals surface area (Å²) >= 11 is 0. The van der Waals surface area contributed by atoms with E-state index >= 15 is 0 Å². The molecule has 0 atom stereocenters. The summed E-state index contributed by atoms with van der Waals surface area (Å²) in [5.74, 6) is -0.989. The molecule has 2 amide bonds. The normalized spacial score (nSPS) is 12.8. The summed E-state index contributed by atoms with van der Waals surface area (Å²) in [4.78, 5) is 43.2. The lowest BCUT2D eigenvalue weighted by atomic mass is 10.0.